The lowest BCUT2D eigenvalue weighted by atomic mass is 10.1. The maximum absolute atomic E-state index is 11.4. The summed E-state index contributed by atoms with van der Waals surface area (Å²) in [5.74, 6) is 0.0558. The molecule has 0 aliphatic carbocycles. The van der Waals surface area contributed by atoms with Crippen LogP contribution in [0.5, 0.6) is 5.75 Å². The summed E-state index contributed by atoms with van der Waals surface area (Å²) in [6.07, 6.45) is -0.196. The van der Waals surface area contributed by atoms with Gasteiger partial charge in [-0.3, -0.25) is 19.2 Å². The van der Waals surface area contributed by atoms with Crippen LogP contribution in [0.4, 0.5) is 11.4 Å². The summed E-state index contributed by atoms with van der Waals surface area (Å²) in [4.78, 5) is 45.0. The van der Waals surface area contributed by atoms with Crippen molar-refractivity contribution in [1.29, 1.82) is 0 Å². The first kappa shape index (κ1) is 15.0. The first-order valence-corrected chi connectivity index (χ1v) is 6.62. The molecular weight excluding hydrogens is 276 g/mol. The lowest BCUT2D eigenvalue weighted by molar-refractivity contribution is 0.238. The smallest absolute Gasteiger partial charge is 0.272 e. The van der Waals surface area contributed by atoms with E-state index in [9.17, 15) is 19.2 Å². The molecule has 2 aromatic rings. The Balaban J connectivity index is 1.89. The molecule has 0 spiro atoms. The van der Waals surface area contributed by atoms with E-state index in [2.05, 4.69) is 10.6 Å². The van der Waals surface area contributed by atoms with E-state index in [0.717, 1.165) is 0 Å². The molecule has 0 heterocycles. The highest BCUT2D eigenvalue weighted by Gasteiger charge is 2.23. The van der Waals surface area contributed by atoms with Crippen LogP contribution in [-0.4, -0.2) is 19.2 Å². The molecule has 0 saturated carbocycles. The van der Waals surface area contributed by atoms with Crippen molar-refractivity contribution in [3.05, 3.63) is 46.5 Å². The van der Waals surface area contributed by atoms with Gasteiger partial charge in [0, 0.05) is 18.7 Å². The molecule has 0 fully saturated rings. The first-order valence-electron chi connectivity index (χ1n) is 6.62. The van der Waals surface area contributed by atoms with E-state index in [1.807, 2.05) is 0 Å². The fourth-order valence-electron chi connectivity index (χ4n) is 1.97. The van der Waals surface area contributed by atoms with Crippen LogP contribution in [0, 0.1) is 6.92 Å². The van der Waals surface area contributed by atoms with E-state index in [-0.39, 0.29) is 17.5 Å². The van der Waals surface area contributed by atoms with Crippen LogP contribution in [0.15, 0.2) is 19.2 Å². The van der Waals surface area contributed by atoms with E-state index in [4.69, 9.17) is 4.74 Å². The number of hydrogen-bond acceptors (Lipinski definition) is 7. The average molecular weight is 292 g/mol. The molecule has 7 nitrogen and oxygen atoms in total. The van der Waals surface area contributed by atoms with Crippen LogP contribution in [0.1, 0.15) is 19.4 Å². The third-order valence-electron chi connectivity index (χ3n) is 3.10. The normalized spacial score (nSPS) is 11.2. The summed E-state index contributed by atoms with van der Waals surface area (Å²) in [7, 11) is 0. The topological polar surface area (TPSA) is 102 Å². The first-order chi connectivity index (χ1) is 9.84. The molecule has 0 radical (unpaired) electrons. The Bertz CT molecular complexity index is 804. The fourth-order valence-corrected chi connectivity index (χ4v) is 1.97. The van der Waals surface area contributed by atoms with Gasteiger partial charge in [-0.1, -0.05) is 0 Å². The third kappa shape index (κ3) is 2.58. The summed E-state index contributed by atoms with van der Waals surface area (Å²) in [6.45, 7) is 5.75. The molecule has 0 amide bonds. The van der Waals surface area contributed by atoms with Crippen LogP contribution in [0.3, 0.4) is 0 Å². The number of anilines is 2. The van der Waals surface area contributed by atoms with Crippen molar-refractivity contribution in [2.75, 3.05) is 23.7 Å². The molecule has 7 heteroatoms. The second kappa shape index (κ2) is 5.51. The van der Waals surface area contributed by atoms with E-state index in [1.165, 1.54) is 0 Å². The molecule has 0 atom stereocenters. The molecule has 21 heavy (non-hydrogen) atoms. The highest BCUT2D eigenvalue weighted by molar-refractivity contribution is 5.62. The summed E-state index contributed by atoms with van der Waals surface area (Å²) in [5, 5.41) is 5.62. The van der Waals surface area contributed by atoms with Crippen molar-refractivity contribution in [1.82, 2.24) is 0 Å². The molecular formula is C14H16N2O5. The zero-order valence-corrected chi connectivity index (χ0v) is 12.0. The monoisotopic (exact) mass is 292 g/mol. The zero-order valence-electron chi connectivity index (χ0n) is 12.0. The Kier molecular flexibility index (Phi) is 3.93. The summed E-state index contributed by atoms with van der Waals surface area (Å²) >= 11 is 0. The van der Waals surface area contributed by atoms with Gasteiger partial charge in [0.25, 0.3) is 10.9 Å². The summed E-state index contributed by atoms with van der Waals surface area (Å²) < 4.78 is 5.26. The minimum atomic E-state index is -0.627. The maximum atomic E-state index is 11.4. The lowest BCUT2D eigenvalue weighted by Gasteiger charge is -2.16. The third-order valence-corrected chi connectivity index (χ3v) is 3.10. The van der Waals surface area contributed by atoms with Gasteiger partial charge in [0.1, 0.15) is 5.69 Å². The second-order valence-corrected chi connectivity index (χ2v) is 5.04. The molecule has 0 bridgehead atoms. The highest BCUT2D eigenvalue weighted by atomic mass is 16.5. The maximum Gasteiger partial charge on any atom is 0.272 e. The Morgan fingerprint density at radius 3 is 1.90 bits per heavy atom. The molecule has 112 valence electrons. The molecule has 0 saturated heterocycles. The minimum Gasteiger partial charge on any atom is -0.485 e. The van der Waals surface area contributed by atoms with Gasteiger partial charge in [-0.05, 0) is 20.8 Å². The van der Waals surface area contributed by atoms with Gasteiger partial charge in [-0.25, -0.2) is 0 Å². The van der Waals surface area contributed by atoms with Gasteiger partial charge in [0.15, 0.2) is 5.75 Å². The molecule has 0 aliphatic heterocycles. The van der Waals surface area contributed by atoms with Gasteiger partial charge >= 0.3 is 0 Å². The number of hydrogen-bond donors (Lipinski definition) is 2. The Hall–Kier alpha value is -2.44. The van der Waals surface area contributed by atoms with E-state index in [1.54, 1.807) is 20.8 Å². The number of nitrogens with one attached hydrogen (secondary N) is 2. The highest BCUT2D eigenvalue weighted by Crippen LogP contribution is 2.18. The van der Waals surface area contributed by atoms with Crippen LogP contribution in [0.2, 0.25) is 0 Å². The van der Waals surface area contributed by atoms with Gasteiger partial charge in [-0.2, -0.15) is 0 Å². The predicted molar refractivity (Wildman–Crippen MR) is 80.2 cm³/mol. The Morgan fingerprint density at radius 2 is 1.38 bits per heavy atom. The van der Waals surface area contributed by atoms with Gasteiger partial charge in [0.2, 0.25) is 10.9 Å². The molecule has 2 rings (SSSR count). The van der Waals surface area contributed by atoms with Gasteiger partial charge in [0.05, 0.1) is 11.8 Å². The average Bonchev–Trinajstić information content (AvgIpc) is 2.47. The molecule has 2 aromatic carbocycles. The quantitative estimate of drug-likeness (QED) is 0.524. The molecule has 0 unspecified atom stereocenters. The molecule has 2 N–H and O–H groups in total. The van der Waals surface area contributed by atoms with Gasteiger partial charge in [-0.15, -0.1) is 0 Å². The van der Waals surface area contributed by atoms with E-state index in [0.29, 0.717) is 24.3 Å². The standard InChI is InChI=1S/C14H16N2O5/c1-6(2)21-14-9(12(19)13(14)20)16-5-4-15-8-7(3)10(17)11(8)18/h6,15-16H,4-5H2,1-3H3. The van der Waals surface area contributed by atoms with Crippen molar-refractivity contribution >= 4 is 11.4 Å². The largest absolute Gasteiger partial charge is 0.485 e. The SMILES string of the molecule is Cc1c(NCCNc2c(OC(C)C)c(=O)c2=O)c(=O)c1=O. The zero-order chi connectivity index (χ0) is 15.7. The summed E-state index contributed by atoms with van der Waals surface area (Å²) in [5.41, 5.74) is -1.33. The lowest BCUT2D eigenvalue weighted by Crippen LogP contribution is -2.39. The number of rotatable bonds is 7. The van der Waals surface area contributed by atoms with Crippen molar-refractivity contribution in [3.63, 3.8) is 0 Å². The number of ether oxygens (including phenoxy) is 1. The van der Waals surface area contributed by atoms with Gasteiger partial charge < -0.3 is 15.4 Å². The Labute approximate surface area is 119 Å². The summed E-state index contributed by atoms with van der Waals surface area (Å²) in [6, 6.07) is 0. The van der Waals surface area contributed by atoms with Crippen molar-refractivity contribution in [2.24, 2.45) is 0 Å². The van der Waals surface area contributed by atoms with E-state index < -0.39 is 21.7 Å². The molecule has 0 aromatic heterocycles. The second-order valence-electron chi connectivity index (χ2n) is 5.04. The predicted octanol–water partition coefficient (Wildman–Crippen LogP) is -0.502. The van der Waals surface area contributed by atoms with E-state index >= 15 is 0 Å². The van der Waals surface area contributed by atoms with Crippen molar-refractivity contribution < 1.29 is 4.74 Å². The van der Waals surface area contributed by atoms with Crippen LogP contribution >= 0.6 is 0 Å². The van der Waals surface area contributed by atoms with Crippen molar-refractivity contribution in [3.8, 4) is 5.75 Å². The Morgan fingerprint density at radius 1 is 0.857 bits per heavy atom. The van der Waals surface area contributed by atoms with Crippen LogP contribution < -0.4 is 37.1 Å². The fraction of sp³-hybridized carbons (Fsp3) is 0.429. The molecule has 0 aliphatic rings. The van der Waals surface area contributed by atoms with Crippen molar-refractivity contribution in [2.45, 2.75) is 26.9 Å². The minimum absolute atomic E-state index is 0.0558. The van der Waals surface area contributed by atoms with Crippen LogP contribution in [0.25, 0.3) is 0 Å². The van der Waals surface area contributed by atoms with Crippen LogP contribution in [-0.2, 0) is 0 Å².